The van der Waals surface area contributed by atoms with Gasteiger partial charge in [-0.3, -0.25) is 9.52 Å². The van der Waals surface area contributed by atoms with Gasteiger partial charge in [-0.2, -0.15) is 0 Å². The van der Waals surface area contributed by atoms with Crippen LogP contribution in [0.1, 0.15) is 31.1 Å². The van der Waals surface area contributed by atoms with Crippen molar-refractivity contribution in [2.24, 2.45) is 0 Å². The standard InChI is InChI=1S/C12H16BrNO3S/c1-12(2,3)18(16,17)14-10-6-4-5-9(7-10)11(15)8-13/h4-7,14H,8H2,1-3H3. The molecule has 0 atom stereocenters. The van der Waals surface area contributed by atoms with E-state index < -0.39 is 14.8 Å². The first-order chi connectivity index (χ1) is 8.17. The number of anilines is 1. The molecule has 1 rings (SSSR count). The Kier molecular flexibility index (Phi) is 4.55. The van der Waals surface area contributed by atoms with E-state index in [1.165, 1.54) is 6.07 Å². The molecule has 1 N–H and O–H groups in total. The Labute approximate surface area is 116 Å². The summed E-state index contributed by atoms with van der Waals surface area (Å²) in [6, 6.07) is 6.45. The molecule has 0 fully saturated rings. The van der Waals surface area contributed by atoms with E-state index >= 15 is 0 Å². The number of halogens is 1. The fraction of sp³-hybridized carbons (Fsp3) is 0.417. The fourth-order valence-electron chi connectivity index (χ4n) is 1.14. The van der Waals surface area contributed by atoms with Gasteiger partial charge in [-0.05, 0) is 32.9 Å². The number of hydrogen-bond acceptors (Lipinski definition) is 3. The summed E-state index contributed by atoms with van der Waals surface area (Å²) in [6.45, 7) is 4.84. The number of ketones is 1. The Morgan fingerprint density at radius 3 is 2.44 bits per heavy atom. The zero-order valence-electron chi connectivity index (χ0n) is 10.5. The van der Waals surface area contributed by atoms with Gasteiger partial charge in [0, 0.05) is 11.3 Å². The number of Topliss-reactive ketones (excluding diaryl/α,β-unsaturated/α-hetero) is 1. The van der Waals surface area contributed by atoms with Crippen LogP contribution in [0.3, 0.4) is 0 Å². The van der Waals surface area contributed by atoms with Crippen LogP contribution < -0.4 is 4.72 Å². The number of hydrogen-bond donors (Lipinski definition) is 1. The van der Waals surface area contributed by atoms with E-state index in [0.717, 1.165) is 0 Å². The first kappa shape index (κ1) is 15.2. The monoisotopic (exact) mass is 333 g/mol. The van der Waals surface area contributed by atoms with Crippen LogP contribution in [0.25, 0.3) is 0 Å². The van der Waals surface area contributed by atoms with Crippen LogP contribution in [-0.4, -0.2) is 24.3 Å². The molecule has 6 heteroatoms. The van der Waals surface area contributed by atoms with Gasteiger partial charge >= 0.3 is 0 Å². The van der Waals surface area contributed by atoms with Crippen molar-refractivity contribution in [3.63, 3.8) is 0 Å². The van der Waals surface area contributed by atoms with Gasteiger partial charge in [-0.25, -0.2) is 8.42 Å². The lowest BCUT2D eigenvalue weighted by molar-refractivity contribution is 0.102. The normalized spacial score (nSPS) is 12.2. The molecule has 0 aliphatic carbocycles. The Bertz CT molecular complexity index is 547. The van der Waals surface area contributed by atoms with Gasteiger partial charge in [-0.1, -0.05) is 28.1 Å². The van der Waals surface area contributed by atoms with Crippen molar-refractivity contribution in [2.75, 3.05) is 10.1 Å². The Morgan fingerprint density at radius 2 is 1.94 bits per heavy atom. The quantitative estimate of drug-likeness (QED) is 0.680. The zero-order valence-corrected chi connectivity index (χ0v) is 12.9. The molecule has 1 aromatic carbocycles. The average molecular weight is 334 g/mol. The van der Waals surface area contributed by atoms with Gasteiger partial charge in [0.1, 0.15) is 0 Å². The van der Waals surface area contributed by atoms with Crippen LogP contribution in [0.4, 0.5) is 5.69 Å². The molecule has 100 valence electrons. The van der Waals surface area contributed by atoms with E-state index in [1.807, 2.05) is 0 Å². The molecule has 18 heavy (non-hydrogen) atoms. The Balaban J connectivity index is 3.04. The van der Waals surface area contributed by atoms with E-state index in [2.05, 4.69) is 20.7 Å². The summed E-state index contributed by atoms with van der Waals surface area (Å²) < 4.78 is 25.5. The first-order valence-corrected chi connectivity index (χ1v) is 7.99. The lowest BCUT2D eigenvalue weighted by atomic mass is 10.1. The van der Waals surface area contributed by atoms with E-state index in [1.54, 1.807) is 39.0 Å². The fourth-order valence-corrected chi connectivity index (χ4v) is 2.21. The van der Waals surface area contributed by atoms with Crippen molar-refractivity contribution >= 4 is 37.4 Å². The van der Waals surface area contributed by atoms with Gasteiger partial charge in [0.2, 0.25) is 10.0 Å². The first-order valence-electron chi connectivity index (χ1n) is 5.39. The molecule has 0 spiro atoms. The number of carbonyl (C=O) groups excluding carboxylic acids is 1. The van der Waals surface area contributed by atoms with Gasteiger partial charge < -0.3 is 0 Å². The number of carbonyl (C=O) groups is 1. The van der Waals surface area contributed by atoms with Crippen molar-refractivity contribution < 1.29 is 13.2 Å². The van der Waals surface area contributed by atoms with E-state index in [4.69, 9.17) is 0 Å². The van der Waals surface area contributed by atoms with Gasteiger partial charge in [0.05, 0.1) is 10.1 Å². The van der Waals surface area contributed by atoms with Crippen molar-refractivity contribution in [1.29, 1.82) is 0 Å². The molecule has 4 nitrogen and oxygen atoms in total. The minimum absolute atomic E-state index is 0.0909. The molecule has 0 radical (unpaired) electrons. The number of sulfonamides is 1. The third-order valence-electron chi connectivity index (χ3n) is 2.36. The summed E-state index contributed by atoms with van der Waals surface area (Å²) in [7, 11) is -3.47. The summed E-state index contributed by atoms with van der Waals surface area (Å²) in [5.74, 6) is -0.0909. The minimum atomic E-state index is -3.47. The summed E-state index contributed by atoms with van der Waals surface area (Å²) in [5, 5.41) is 0.211. The number of rotatable bonds is 4. The van der Waals surface area contributed by atoms with E-state index in [0.29, 0.717) is 11.3 Å². The number of nitrogens with one attached hydrogen (secondary N) is 1. The zero-order chi connectivity index (χ0) is 14.0. The molecule has 0 saturated carbocycles. The van der Waals surface area contributed by atoms with E-state index in [9.17, 15) is 13.2 Å². The summed E-state index contributed by atoms with van der Waals surface area (Å²) in [5.41, 5.74) is 0.873. The molecule has 0 aliphatic rings. The van der Waals surface area contributed by atoms with Crippen LogP contribution in [0.5, 0.6) is 0 Å². The maximum atomic E-state index is 12.0. The second-order valence-corrected chi connectivity index (χ2v) is 7.85. The highest BCUT2D eigenvalue weighted by Crippen LogP contribution is 2.20. The minimum Gasteiger partial charge on any atom is -0.293 e. The van der Waals surface area contributed by atoms with Gasteiger partial charge in [0.15, 0.2) is 5.78 Å². The molecular formula is C12H16BrNO3S. The van der Waals surface area contributed by atoms with E-state index in [-0.39, 0.29) is 11.1 Å². The smallest absolute Gasteiger partial charge is 0.237 e. The Hall–Kier alpha value is -0.880. The van der Waals surface area contributed by atoms with Crippen molar-refractivity contribution in [2.45, 2.75) is 25.5 Å². The van der Waals surface area contributed by atoms with Gasteiger partial charge in [0.25, 0.3) is 0 Å². The molecule has 0 aliphatic heterocycles. The van der Waals surface area contributed by atoms with Crippen LogP contribution in [0.2, 0.25) is 0 Å². The second-order valence-electron chi connectivity index (χ2n) is 4.86. The maximum Gasteiger partial charge on any atom is 0.237 e. The summed E-state index contributed by atoms with van der Waals surface area (Å²) in [6.07, 6.45) is 0. The van der Waals surface area contributed by atoms with Crippen LogP contribution in [0, 0.1) is 0 Å². The third kappa shape index (κ3) is 3.55. The molecule has 0 saturated heterocycles. The highest BCUT2D eigenvalue weighted by molar-refractivity contribution is 9.09. The molecule has 0 bridgehead atoms. The topological polar surface area (TPSA) is 63.2 Å². The second kappa shape index (κ2) is 5.40. The molecular weight excluding hydrogens is 318 g/mol. The maximum absolute atomic E-state index is 12.0. The molecule has 0 heterocycles. The number of benzene rings is 1. The van der Waals surface area contributed by atoms with Crippen LogP contribution in [0.15, 0.2) is 24.3 Å². The van der Waals surface area contributed by atoms with Gasteiger partial charge in [-0.15, -0.1) is 0 Å². The molecule has 0 amide bonds. The Morgan fingerprint density at radius 1 is 1.33 bits per heavy atom. The lowest BCUT2D eigenvalue weighted by Gasteiger charge is -2.20. The van der Waals surface area contributed by atoms with Crippen LogP contribution in [-0.2, 0) is 10.0 Å². The SMILES string of the molecule is CC(C)(C)S(=O)(=O)Nc1cccc(C(=O)CBr)c1. The van der Waals surface area contributed by atoms with Crippen LogP contribution >= 0.6 is 15.9 Å². The molecule has 1 aromatic rings. The summed E-state index contributed by atoms with van der Waals surface area (Å²) >= 11 is 3.08. The summed E-state index contributed by atoms with van der Waals surface area (Å²) in [4.78, 5) is 11.5. The predicted molar refractivity (Wildman–Crippen MR) is 76.9 cm³/mol. The average Bonchev–Trinajstić information content (AvgIpc) is 2.26. The largest absolute Gasteiger partial charge is 0.293 e. The number of alkyl halides is 1. The van der Waals surface area contributed by atoms with Crippen molar-refractivity contribution in [1.82, 2.24) is 0 Å². The highest BCUT2D eigenvalue weighted by Gasteiger charge is 2.28. The van der Waals surface area contributed by atoms with Crippen molar-refractivity contribution in [3.05, 3.63) is 29.8 Å². The predicted octanol–water partition coefficient (Wildman–Crippen LogP) is 2.80. The highest BCUT2D eigenvalue weighted by atomic mass is 79.9. The molecule has 0 aromatic heterocycles. The molecule has 0 unspecified atom stereocenters. The van der Waals surface area contributed by atoms with Crippen molar-refractivity contribution in [3.8, 4) is 0 Å². The lowest BCUT2D eigenvalue weighted by Crippen LogP contribution is -2.33. The third-order valence-corrected chi connectivity index (χ3v) is 4.99.